The van der Waals surface area contributed by atoms with Crippen LogP contribution >= 0.6 is 22.9 Å². The summed E-state index contributed by atoms with van der Waals surface area (Å²) in [5.74, 6) is -1.87. The monoisotopic (exact) mass is 525 g/mol. The van der Waals surface area contributed by atoms with Crippen LogP contribution in [0.3, 0.4) is 0 Å². The number of fused-ring (bicyclic) bond motifs is 1. The molecule has 2 heterocycles. The van der Waals surface area contributed by atoms with Crippen LogP contribution in [0, 0.1) is 12.7 Å². The van der Waals surface area contributed by atoms with E-state index in [1.165, 1.54) is 28.4 Å². The molecule has 1 aromatic heterocycles. The van der Waals surface area contributed by atoms with E-state index in [-0.39, 0.29) is 4.90 Å². The van der Waals surface area contributed by atoms with Gasteiger partial charge in [-0.15, -0.1) is 0 Å². The van der Waals surface area contributed by atoms with Crippen molar-refractivity contribution in [1.29, 1.82) is 0 Å². The highest BCUT2D eigenvalue weighted by Gasteiger charge is 2.27. The third-order valence-corrected chi connectivity index (χ3v) is 8.82. The van der Waals surface area contributed by atoms with Gasteiger partial charge < -0.3 is 4.74 Å². The molecule has 3 aromatic rings. The third-order valence-electron chi connectivity index (χ3n) is 5.66. The van der Waals surface area contributed by atoms with Crippen LogP contribution < -0.4 is 4.90 Å². The van der Waals surface area contributed by atoms with Crippen molar-refractivity contribution in [2.45, 2.75) is 18.2 Å². The number of amides is 1. The Bertz CT molecular complexity index is 1240. The molecule has 0 unspecified atom stereocenters. The Morgan fingerprint density at radius 2 is 1.91 bits per heavy atom. The van der Waals surface area contributed by atoms with Crippen LogP contribution in [0.15, 0.2) is 41.3 Å². The number of thiazole rings is 1. The topological polar surface area (TPSA) is 79.8 Å². The van der Waals surface area contributed by atoms with Gasteiger partial charge in [-0.25, -0.2) is 17.8 Å². The summed E-state index contributed by atoms with van der Waals surface area (Å²) in [6, 6.07) is 8.11. The van der Waals surface area contributed by atoms with Crippen molar-refractivity contribution in [2.24, 2.45) is 0 Å². The number of rotatable bonds is 8. The highest BCUT2D eigenvalue weighted by molar-refractivity contribution is 7.92. The molecule has 2 aromatic carbocycles. The van der Waals surface area contributed by atoms with E-state index >= 15 is 0 Å². The molecule has 1 amide bonds. The maximum atomic E-state index is 13.3. The number of carbonyl (C=O) groups is 1. The Hall–Kier alpha value is -2.11. The van der Waals surface area contributed by atoms with E-state index < -0.39 is 27.3 Å². The third kappa shape index (κ3) is 5.75. The predicted molar refractivity (Wildman–Crippen MR) is 132 cm³/mol. The zero-order valence-electron chi connectivity index (χ0n) is 18.7. The van der Waals surface area contributed by atoms with Crippen molar-refractivity contribution >= 4 is 54.0 Å². The first-order chi connectivity index (χ1) is 16.2. The predicted octanol–water partition coefficient (Wildman–Crippen LogP) is 3.93. The van der Waals surface area contributed by atoms with Gasteiger partial charge in [0.2, 0.25) is 5.91 Å². The summed E-state index contributed by atoms with van der Waals surface area (Å²) in [7, 11) is -3.96. The molecule has 34 heavy (non-hydrogen) atoms. The summed E-state index contributed by atoms with van der Waals surface area (Å²) in [4.78, 5) is 21.5. The lowest BCUT2D eigenvalue weighted by Crippen LogP contribution is -2.40. The van der Waals surface area contributed by atoms with Gasteiger partial charge in [0.15, 0.2) is 15.0 Å². The van der Waals surface area contributed by atoms with Crippen molar-refractivity contribution in [3.63, 3.8) is 0 Å². The van der Waals surface area contributed by atoms with Gasteiger partial charge in [-0.1, -0.05) is 29.0 Å². The number of sulfone groups is 1. The summed E-state index contributed by atoms with van der Waals surface area (Å²) in [6.45, 7) is 5.97. The number of ether oxygens (including phenoxy) is 1. The molecule has 182 valence electrons. The summed E-state index contributed by atoms with van der Waals surface area (Å²) >= 11 is 7.62. The molecule has 0 spiro atoms. The fraction of sp³-hybridized carbons (Fsp3) is 0.391. The number of aryl methyl sites for hydroxylation is 1. The average molecular weight is 526 g/mol. The van der Waals surface area contributed by atoms with Crippen molar-refractivity contribution in [3.8, 4) is 0 Å². The Kier molecular flexibility index (Phi) is 7.83. The largest absolute Gasteiger partial charge is 0.379 e. The van der Waals surface area contributed by atoms with Crippen LogP contribution in [-0.2, 0) is 19.4 Å². The SMILES string of the molecule is Cc1ccc(Cl)c2sc(N(CCCN3CCOCC3)C(=O)CS(=O)(=O)c3ccc(F)cc3)nc12. The molecule has 0 bridgehead atoms. The number of morpholine rings is 1. The zero-order chi connectivity index (χ0) is 24.3. The Balaban J connectivity index is 1.58. The Morgan fingerprint density at radius 1 is 1.21 bits per heavy atom. The molecule has 11 heteroatoms. The maximum Gasteiger partial charge on any atom is 0.244 e. The van der Waals surface area contributed by atoms with Gasteiger partial charge >= 0.3 is 0 Å². The molecule has 7 nitrogen and oxygen atoms in total. The van der Waals surface area contributed by atoms with Crippen LogP contribution in [0.2, 0.25) is 5.02 Å². The number of hydrogen-bond donors (Lipinski definition) is 0. The summed E-state index contributed by atoms with van der Waals surface area (Å²) < 4.78 is 45.1. The van der Waals surface area contributed by atoms with Gasteiger partial charge in [0.25, 0.3) is 0 Å². The molecule has 1 fully saturated rings. The van der Waals surface area contributed by atoms with Gasteiger partial charge in [0.1, 0.15) is 11.6 Å². The van der Waals surface area contributed by atoms with E-state index in [0.29, 0.717) is 41.9 Å². The van der Waals surface area contributed by atoms with Crippen LogP contribution in [0.4, 0.5) is 9.52 Å². The van der Waals surface area contributed by atoms with E-state index in [4.69, 9.17) is 16.3 Å². The molecule has 1 aliphatic heterocycles. The van der Waals surface area contributed by atoms with E-state index in [1.54, 1.807) is 6.07 Å². The van der Waals surface area contributed by atoms with Crippen molar-refractivity contribution in [3.05, 3.63) is 52.8 Å². The number of carbonyl (C=O) groups excluding carboxylic acids is 1. The molecule has 0 saturated carbocycles. The smallest absolute Gasteiger partial charge is 0.244 e. The van der Waals surface area contributed by atoms with Crippen molar-refractivity contribution in [2.75, 3.05) is 50.0 Å². The Labute approximate surface area is 207 Å². The second-order valence-corrected chi connectivity index (χ2v) is 11.5. The molecule has 1 saturated heterocycles. The van der Waals surface area contributed by atoms with E-state index in [9.17, 15) is 17.6 Å². The minimum Gasteiger partial charge on any atom is -0.379 e. The van der Waals surface area contributed by atoms with Gasteiger partial charge in [0, 0.05) is 26.2 Å². The molecular weight excluding hydrogens is 501 g/mol. The summed E-state index contributed by atoms with van der Waals surface area (Å²) in [5.41, 5.74) is 1.61. The van der Waals surface area contributed by atoms with Crippen LogP contribution in [0.1, 0.15) is 12.0 Å². The Morgan fingerprint density at radius 3 is 2.59 bits per heavy atom. The minimum atomic E-state index is -3.96. The number of aromatic nitrogens is 1. The molecule has 1 aliphatic rings. The number of nitrogens with zero attached hydrogens (tertiary/aromatic N) is 3. The van der Waals surface area contributed by atoms with Crippen LogP contribution in [0.5, 0.6) is 0 Å². The summed E-state index contributed by atoms with van der Waals surface area (Å²) in [5, 5.41) is 0.941. The molecule has 4 rings (SSSR count). The molecule has 0 atom stereocenters. The first kappa shape index (κ1) is 25.0. The lowest BCUT2D eigenvalue weighted by molar-refractivity contribution is -0.116. The average Bonchev–Trinajstić information content (AvgIpc) is 3.26. The molecule has 0 N–H and O–H groups in total. The quantitative estimate of drug-likeness (QED) is 0.415. The second kappa shape index (κ2) is 10.7. The van der Waals surface area contributed by atoms with E-state index in [1.807, 2.05) is 13.0 Å². The highest BCUT2D eigenvalue weighted by atomic mass is 35.5. The molecule has 0 radical (unpaired) electrons. The van der Waals surface area contributed by atoms with E-state index in [0.717, 1.165) is 42.0 Å². The minimum absolute atomic E-state index is 0.0984. The fourth-order valence-corrected chi connectivity index (χ4v) is 6.33. The van der Waals surface area contributed by atoms with Gasteiger partial charge in [0.05, 0.1) is 33.3 Å². The lowest BCUT2D eigenvalue weighted by atomic mass is 10.2. The standard InChI is InChI=1S/C23H25ClFN3O4S2/c1-16-3-8-19(24)22-21(16)26-23(33-22)28(10-2-9-27-11-13-32-14-12-27)20(29)15-34(30,31)18-6-4-17(25)5-7-18/h3-8H,2,9-15H2,1H3. The highest BCUT2D eigenvalue weighted by Crippen LogP contribution is 2.36. The molecular formula is C23H25ClFN3O4S2. The maximum absolute atomic E-state index is 13.3. The van der Waals surface area contributed by atoms with Gasteiger partial charge in [-0.3, -0.25) is 14.6 Å². The number of halogens is 2. The first-order valence-corrected chi connectivity index (χ1v) is 13.7. The summed E-state index contributed by atoms with van der Waals surface area (Å²) in [6.07, 6.45) is 0.644. The lowest BCUT2D eigenvalue weighted by Gasteiger charge is -2.27. The van der Waals surface area contributed by atoms with Crippen LogP contribution in [-0.4, -0.2) is 69.4 Å². The first-order valence-electron chi connectivity index (χ1n) is 10.9. The van der Waals surface area contributed by atoms with Crippen molar-refractivity contribution in [1.82, 2.24) is 9.88 Å². The number of hydrogen-bond acceptors (Lipinski definition) is 7. The van der Waals surface area contributed by atoms with Gasteiger partial charge in [-0.05, 0) is 49.2 Å². The molecule has 0 aliphatic carbocycles. The number of benzene rings is 2. The second-order valence-electron chi connectivity index (χ2n) is 8.10. The zero-order valence-corrected chi connectivity index (χ0v) is 21.1. The van der Waals surface area contributed by atoms with Gasteiger partial charge in [-0.2, -0.15) is 0 Å². The number of anilines is 1. The normalized spacial score (nSPS) is 15.0. The fourth-order valence-electron chi connectivity index (χ4n) is 3.78. The van der Waals surface area contributed by atoms with Crippen LogP contribution in [0.25, 0.3) is 10.2 Å². The van der Waals surface area contributed by atoms with E-state index in [2.05, 4.69) is 9.88 Å². The van der Waals surface area contributed by atoms with Crippen molar-refractivity contribution < 1.29 is 22.3 Å².